The van der Waals surface area contributed by atoms with Crippen LogP contribution in [0.2, 0.25) is 0 Å². The summed E-state index contributed by atoms with van der Waals surface area (Å²) in [7, 11) is -0.751. The third-order valence-corrected chi connectivity index (χ3v) is 3.74. The molecule has 0 aliphatic rings. The molecule has 20 heavy (non-hydrogen) atoms. The van der Waals surface area contributed by atoms with Crippen molar-refractivity contribution in [3.63, 3.8) is 0 Å². The third kappa shape index (κ3) is 4.19. The van der Waals surface area contributed by atoms with Crippen LogP contribution in [-0.4, -0.2) is 45.2 Å². The molecule has 2 N–H and O–H groups in total. The Kier molecular flexibility index (Phi) is 5.49. The third-order valence-electron chi connectivity index (χ3n) is 2.26. The first-order valence-corrected chi connectivity index (χ1v) is 7.46. The van der Waals surface area contributed by atoms with Gasteiger partial charge in [0.1, 0.15) is 11.3 Å². The van der Waals surface area contributed by atoms with Crippen molar-refractivity contribution in [3.8, 4) is 5.75 Å². The van der Waals surface area contributed by atoms with Gasteiger partial charge in [-0.3, -0.25) is 0 Å². The molecule has 112 valence electrons. The SMILES string of the molecule is CCCOc1ccc(S(=O)(=O)NN(C)C)cc1C(=O)O. The first kappa shape index (κ1) is 16.4. The van der Waals surface area contributed by atoms with Crippen molar-refractivity contribution in [1.82, 2.24) is 9.84 Å². The highest BCUT2D eigenvalue weighted by molar-refractivity contribution is 7.89. The monoisotopic (exact) mass is 302 g/mol. The van der Waals surface area contributed by atoms with E-state index in [0.29, 0.717) is 6.61 Å². The molecule has 0 aromatic heterocycles. The van der Waals surface area contributed by atoms with Gasteiger partial charge in [0.15, 0.2) is 0 Å². The van der Waals surface area contributed by atoms with Gasteiger partial charge in [-0.15, -0.1) is 4.83 Å². The number of hydrogen-bond donors (Lipinski definition) is 2. The Labute approximate surface area is 118 Å². The summed E-state index contributed by atoms with van der Waals surface area (Å²) in [6.07, 6.45) is 0.724. The Morgan fingerprint density at radius 1 is 1.40 bits per heavy atom. The smallest absolute Gasteiger partial charge is 0.339 e. The molecule has 1 rings (SSSR count). The number of aromatic carboxylic acids is 1. The van der Waals surface area contributed by atoms with Crippen LogP contribution in [0.15, 0.2) is 23.1 Å². The van der Waals surface area contributed by atoms with Gasteiger partial charge in [-0.25, -0.2) is 18.2 Å². The molecular formula is C12H18N2O5S. The molecule has 0 amide bonds. The second kappa shape index (κ2) is 6.69. The predicted octanol–water partition coefficient (Wildman–Crippen LogP) is 0.929. The number of rotatable bonds is 7. The van der Waals surface area contributed by atoms with E-state index < -0.39 is 16.0 Å². The van der Waals surface area contributed by atoms with Crippen LogP contribution in [0.4, 0.5) is 0 Å². The normalized spacial score (nSPS) is 11.6. The molecular weight excluding hydrogens is 284 g/mol. The maximum atomic E-state index is 12.0. The Bertz CT molecular complexity index is 584. The number of hydrazine groups is 1. The highest BCUT2D eigenvalue weighted by atomic mass is 32.2. The second-order valence-electron chi connectivity index (χ2n) is 4.30. The van der Waals surface area contributed by atoms with Crippen molar-refractivity contribution < 1.29 is 23.1 Å². The van der Waals surface area contributed by atoms with Crippen molar-refractivity contribution in [2.75, 3.05) is 20.7 Å². The zero-order valence-corrected chi connectivity index (χ0v) is 12.4. The summed E-state index contributed by atoms with van der Waals surface area (Å²) in [6, 6.07) is 3.74. The van der Waals surface area contributed by atoms with Crippen LogP contribution >= 0.6 is 0 Å². The number of carbonyl (C=O) groups is 1. The van der Waals surface area contributed by atoms with E-state index in [4.69, 9.17) is 9.84 Å². The number of carboxylic acid groups (broad SMARTS) is 1. The zero-order valence-electron chi connectivity index (χ0n) is 11.6. The van der Waals surface area contributed by atoms with Crippen LogP contribution in [-0.2, 0) is 10.0 Å². The molecule has 0 aliphatic heterocycles. The lowest BCUT2D eigenvalue weighted by Crippen LogP contribution is -2.36. The maximum absolute atomic E-state index is 12.0. The highest BCUT2D eigenvalue weighted by Crippen LogP contribution is 2.23. The van der Waals surface area contributed by atoms with Gasteiger partial charge in [-0.2, -0.15) is 0 Å². The number of carboxylic acids is 1. The predicted molar refractivity (Wildman–Crippen MR) is 73.2 cm³/mol. The molecule has 0 heterocycles. The van der Waals surface area contributed by atoms with Crippen molar-refractivity contribution in [3.05, 3.63) is 23.8 Å². The van der Waals surface area contributed by atoms with E-state index in [2.05, 4.69) is 4.83 Å². The van der Waals surface area contributed by atoms with Gasteiger partial charge in [0.2, 0.25) is 0 Å². The van der Waals surface area contributed by atoms with Crippen LogP contribution in [0.5, 0.6) is 5.75 Å². The van der Waals surface area contributed by atoms with Gasteiger partial charge < -0.3 is 9.84 Å². The Hall–Kier alpha value is -1.64. The first-order chi connectivity index (χ1) is 9.27. The van der Waals surface area contributed by atoms with Gasteiger partial charge >= 0.3 is 5.97 Å². The summed E-state index contributed by atoms with van der Waals surface area (Å²) in [5.41, 5.74) is -0.180. The average Bonchev–Trinajstić information content (AvgIpc) is 2.34. The summed E-state index contributed by atoms with van der Waals surface area (Å²) in [4.78, 5) is 13.3. The lowest BCUT2D eigenvalue weighted by Gasteiger charge is -2.14. The fourth-order valence-electron chi connectivity index (χ4n) is 1.47. The molecule has 0 saturated heterocycles. The van der Waals surface area contributed by atoms with E-state index in [1.807, 2.05) is 6.92 Å². The van der Waals surface area contributed by atoms with Crippen LogP contribution in [0.25, 0.3) is 0 Å². The van der Waals surface area contributed by atoms with Gasteiger partial charge in [0, 0.05) is 14.1 Å². The minimum Gasteiger partial charge on any atom is -0.493 e. The lowest BCUT2D eigenvalue weighted by atomic mass is 10.2. The van der Waals surface area contributed by atoms with E-state index in [1.54, 1.807) is 0 Å². The van der Waals surface area contributed by atoms with E-state index >= 15 is 0 Å². The summed E-state index contributed by atoms with van der Waals surface area (Å²) in [5, 5.41) is 10.4. The Morgan fingerprint density at radius 2 is 2.05 bits per heavy atom. The maximum Gasteiger partial charge on any atom is 0.339 e. The standard InChI is InChI=1S/C12H18N2O5S/c1-4-7-19-11-6-5-9(8-10(11)12(15)16)20(17,18)13-14(2)3/h5-6,8,13H,4,7H2,1-3H3,(H,15,16). The van der Waals surface area contributed by atoms with E-state index in [1.165, 1.54) is 31.2 Å². The van der Waals surface area contributed by atoms with Gasteiger partial charge in [-0.05, 0) is 24.6 Å². The van der Waals surface area contributed by atoms with Gasteiger partial charge in [0.05, 0.1) is 11.5 Å². The van der Waals surface area contributed by atoms with Crippen molar-refractivity contribution in [2.24, 2.45) is 0 Å². The average molecular weight is 302 g/mol. The molecule has 0 aliphatic carbocycles. The van der Waals surface area contributed by atoms with E-state index in [0.717, 1.165) is 12.5 Å². The molecule has 1 aromatic carbocycles. The molecule has 8 heteroatoms. The number of benzene rings is 1. The van der Waals surface area contributed by atoms with Crippen LogP contribution < -0.4 is 9.57 Å². The fraction of sp³-hybridized carbons (Fsp3) is 0.417. The molecule has 0 spiro atoms. The van der Waals surface area contributed by atoms with Crippen molar-refractivity contribution in [1.29, 1.82) is 0 Å². The number of nitrogens with one attached hydrogen (secondary N) is 1. The fourth-order valence-corrected chi connectivity index (χ4v) is 2.58. The number of sulfonamides is 1. The molecule has 0 atom stereocenters. The summed E-state index contributed by atoms with van der Waals surface area (Å²) in [5.74, 6) is -1.08. The number of ether oxygens (including phenoxy) is 1. The molecule has 1 aromatic rings. The van der Waals surface area contributed by atoms with E-state index in [9.17, 15) is 13.2 Å². The second-order valence-corrected chi connectivity index (χ2v) is 5.96. The topological polar surface area (TPSA) is 95.9 Å². The zero-order chi connectivity index (χ0) is 15.3. The summed E-state index contributed by atoms with van der Waals surface area (Å²) >= 11 is 0. The number of hydrogen-bond acceptors (Lipinski definition) is 5. The van der Waals surface area contributed by atoms with Gasteiger partial charge in [0.25, 0.3) is 10.0 Å². The molecule has 0 radical (unpaired) electrons. The molecule has 0 bridgehead atoms. The van der Waals surface area contributed by atoms with E-state index in [-0.39, 0.29) is 16.2 Å². The summed E-state index contributed by atoms with van der Waals surface area (Å²) in [6.45, 7) is 2.25. The minimum absolute atomic E-state index is 0.132. The first-order valence-electron chi connectivity index (χ1n) is 5.98. The minimum atomic E-state index is -3.80. The molecule has 0 saturated carbocycles. The van der Waals surface area contributed by atoms with Crippen LogP contribution in [0.3, 0.4) is 0 Å². The Morgan fingerprint density at radius 3 is 2.55 bits per heavy atom. The van der Waals surface area contributed by atoms with Crippen LogP contribution in [0.1, 0.15) is 23.7 Å². The highest BCUT2D eigenvalue weighted by Gasteiger charge is 2.20. The quantitative estimate of drug-likeness (QED) is 0.727. The van der Waals surface area contributed by atoms with Crippen molar-refractivity contribution in [2.45, 2.75) is 18.2 Å². The van der Waals surface area contributed by atoms with Gasteiger partial charge in [-0.1, -0.05) is 6.92 Å². The van der Waals surface area contributed by atoms with Crippen LogP contribution in [0, 0.1) is 0 Å². The Balaban J connectivity index is 3.19. The molecule has 7 nitrogen and oxygen atoms in total. The van der Waals surface area contributed by atoms with Crippen molar-refractivity contribution >= 4 is 16.0 Å². The lowest BCUT2D eigenvalue weighted by molar-refractivity contribution is 0.0692. The molecule has 0 fully saturated rings. The molecule has 0 unspecified atom stereocenters. The largest absolute Gasteiger partial charge is 0.493 e. The summed E-state index contributed by atoms with van der Waals surface area (Å²) < 4.78 is 29.2. The number of nitrogens with zero attached hydrogens (tertiary/aromatic N) is 1.